The first-order valence-electron chi connectivity index (χ1n) is 11.6. The average Bonchev–Trinajstić information content (AvgIpc) is 3.67. The molecule has 2 N–H and O–H groups in total. The zero-order valence-corrected chi connectivity index (χ0v) is 19.5. The van der Waals surface area contributed by atoms with Gasteiger partial charge in [0.2, 0.25) is 0 Å². The zero-order chi connectivity index (χ0) is 24.0. The molecule has 0 bridgehead atoms. The second-order valence-electron chi connectivity index (χ2n) is 9.17. The van der Waals surface area contributed by atoms with Gasteiger partial charge in [0.15, 0.2) is 0 Å². The molecule has 0 spiro atoms. The van der Waals surface area contributed by atoms with Crippen molar-refractivity contribution in [3.63, 3.8) is 0 Å². The van der Waals surface area contributed by atoms with Crippen LogP contribution in [0.5, 0.6) is 0 Å². The lowest BCUT2D eigenvalue weighted by atomic mass is 10.0. The summed E-state index contributed by atoms with van der Waals surface area (Å²) in [5.74, 6) is -0.384. The van der Waals surface area contributed by atoms with E-state index in [-0.39, 0.29) is 17.2 Å². The zero-order valence-electron chi connectivity index (χ0n) is 19.5. The monoisotopic (exact) mass is 453 g/mol. The molecule has 34 heavy (non-hydrogen) atoms. The van der Waals surface area contributed by atoms with E-state index in [0.717, 1.165) is 16.7 Å². The Labute approximate surface area is 197 Å². The fraction of sp³-hybridized carbons (Fsp3) is 0.250. The van der Waals surface area contributed by atoms with E-state index < -0.39 is 5.97 Å². The van der Waals surface area contributed by atoms with E-state index in [2.05, 4.69) is 17.4 Å². The van der Waals surface area contributed by atoms with Crippen LogP contribution in [-0.2, 0) is 0 Å². The lowest BCUT2D eigenvalue weighted by Gasteiger charge is -2.20. The molecule has 2 heterocycles. The molecule has 0 unspecified atom stereocenters. The lowest BCUT2D eigenvalue weighted by molar-refractivity contribution is 0.0698. The van der Waals surface area contributed by atoms with E-state index >= 15 is 0 Å². The number of carboxylic acid groups (broad SMARTS) is 1. The van der Waals surface area contributed by atoms with Gasteiger partial charge in [-0.3, -0.25) is 9.20 Å². The van der Waals surface area contributed by atoms with Crippen LogP contribution in [0.4, 0.5) is 5.69 Å². The Morgan fingerprint density at radius 3 is 2.62 bits per heavy atom. The van der Waals surface area contributed by atoms with Gasteiger partial charge in [-0.25, -0.2) is 9.78 Å². The van der Waals surface area contributed by atoms with E-state index in [1.807, 2.05) is 45.2 Å². The number of aromatic nitrogens is 2. The summed E-state index contributed by atoms with van der Waals surface area (Å²) in [6.07, 6.45) is 4.23. The van der Waals surface area contributed by atoms with Gasteiger partial charge in [0.1, 0.15) is 5.65 Å². The van der Waals surface area contributed by atoms with Gasteiger partial charge in [0.25, 0.3) is 5.56 Å². The van der Waals surface area contributed by atoms with Crippen molar-refractivity contribution >= 4 is 17.3 Å². The smallest absolute Gasteiger partial charge is 0.337 e. The number of pyridine rings is 1. The van der Waals surface area contributed by atoms with Crippen LogP contribution in [0.25, 0.3) is 16.9 Å². The van der Waals surface area contributed by atoms with Crippen LogP contribution in [-0.4, -0.2) is 20.5 Å². The van der Waals surface area contributed by atoms with E-state index in [1.54, 1.807) is 28.7 Å². The second-order valence-corrected chi connectivity index (χ2v) is 9.17. The number of hydrogen-bond donors (Lipinski definition) is 2. The highest BCUT2D eigenvalue weighted by Gasteiger charge is 2.24. The highest BCUT2D eigenvalue weighted by atomic mass is 16.4. The first-order chi connectivity index (χ1) is 16.3. The Balaban J connectivity index is 1.65. The summed E-state index contributed by atoms with van der Waals surface area (Å²) in [4.78, 5) is 30.1. The molecule has 1 aliphatic carbocycles. The minimum Gasteiger partial charge on any atom is -0.478 e. The molecule has 0 aliphatic heterocycles. The summed E-state index contributed by atoms with van der Waals surface area (Å²) in [6.45, 7) is 5.72. The highest BCUT2D eigenvalue weighted by molar-refractivity contribution is 5.94. The molecule has 2 aromatic carbocycles. The lowest BCUT2D eigenvalue weighted by Crippen LogP contribution is -2.22. The third-order valence-corrected chi connectivity index (χ3v) is 6.52. The number of carbonyl (C=O) groups is 1. The van der Waals surface area contributed by atoms with E-state index in [9.17, 15) is 14.7 Å². The summed E-state index contributed by atoms with van der Waals surface area (Å²) in [5.41, 5.74) is 6.49. The molecule has 6 nitrogen and oxygen atoms in total. The molecule has 0 amide bonds. The van der Waals surface area contributed by atoms with Gasteiger partial charge < -0.3 is 10.4 Å². The summed E-state index contributed by atoms with van der Waals surface area (Å²) >= 11 is 0. The fourth-order valence-corrected chi connectivity index (χ4v) is 4.56. The number of rotatable bonds is 6. The van der Waals surface area contributed by atoms with Crippen LogP contribution in [0.1, 0.15) is 64.3 Å². The molecule has 1 saturated carbocycles. The molecule has 172 valence electrons. The molecule has 1 atom stereocenters. The molecule has 0 saturated heterocycles. The molecule has 2 aromatic heterocycles. The Kier molecular flexibility index (Phi) is 5.44. The predicted octanol–water partition coefficient (Wildman–Crippen LogP) is 5.73. The maximum Gasteiger partial charge on any atom is 0.337 e. The van der Waals surface area contributed by atoms with Crippen molar-refractivity contribution in [1.82, 2.24) is 9.38 Å². The van der Waals surface area contributed by atoms with Crippen molar-refractivity contribution in [2.75, 3.05) is 5.32 Å². The summed E-state index contributed by atoms with van der Waals surface area (Å²) in [7, 11) is 0. The summed E-state index contributed by atoms with van der Waals surface area (Å²) in [5, 5.41) is 12.9. The SMILES string of the molecule is Cc1cc([C@@H](C)Nc2ccccc2C(=O)O)c2nc(-c3cccc(C4CC4)c3)c(C)c(=O)n2c1. The molecule has 6 heteroatoms. The van der Waals surface area contributed by atoms with Gasteiger partial charge in [-0.15, -0.1) is 0 Å². The van der Waals surface area contributed by atoms with Crippen LogP contribution in [0.2, 0.25) is 0 Å². The Hall–Kier alpha value is -3.93. The van der Waals surface area contributed by atoms with E-state index in [1.165, 1.54) is 18.4 Å². The topological polar surface area (TPSA) is 83.7 Å². The molecule has 1 fully saturated rings. The number of nitrogens with zero attached hydrogens (tertiary/aromatic N) is 2. The van der Waals surface area contributed by atoms with Crippen LogP contribution in [0.15, 0.2) is 65.6 Å². The number of anilines is 1. The van der Waals surface area contributed by atoms with Crippen molar-refractivity contribution < 1.29 is 9.90 Å². The van der Waals surface area contributed by atoms with Gasteiger partial charge >= 0.3 is 5.97 Å². The second kappa shape index (κ2) is 8.45. The van der Waals surface area contributed by atoms with E-state index in [4.69, 9.17) is 4.98 Å². The molecule has 1 aliphatic rings. The fourth-order valence-electron chi connectivity index (χ4n) is 4.56. The highest BCUT2D eigenvalue weighted by Crippen LogP contribution is 2.41. The quantitative estimate of drug-likeness (QED) is 0.390. The first-order valence-corrected chi connectivity index (χ1v) is 11.6. The standard InChI is InChI=1S/C28H27N3O3/c1-16-13-23(18(3)29-24-10-5-4-9-22(24)28(33)34)26-30-25(17(2)27(32)31(26)15-16)21-8-6-7-20(14-21)19-11-12-19/h4-10,13-15,18-19,29H,11-12H2,1-3H3,(H,33,34)/t18-/m1/s1. The normalized spacial score (nSPS) is 14.2. The molecule has 4 aromatic rings. The van der Waals surface area contributed by atoms with Crippen LogP contribution in [0, 0.1) is 13.8 Å². The van der Waals surface area contributed by atoms with Crippen LogP contribution >= 0.6 is 0 Å². The van der Waals surface area contributed by atoms with Crippen LogP contribution in [0.3, 0.4) is 0 Å². The predicted molar refractivity (Wildman–Crippen MR) is 134 cm³/mol. The summed E-state index contributed by atoms with van der Waals surface area (Å²) < 4.78 is 1.61. The number of hydrogen-bond acceptors (Lipinski definition) is 4. The first kappa shape index (κ1) is 21.9. The number of benzene rings is 2. The minimum absolute atomic E-state index is 0.0973. The number of nitrogens with one attached hydrogen (secondary N) is 1. The number of carboxylic acids is 1. The number of aryl methyl sites for hydroxylation is 1. The molecular formula is C28H27N3O3. The third-order valence-electron chi connectivity index (χ3n) is 6.52. The van der Waals surface area contributed by atoms with Crippen molar-refractivity contribution in [2.24, 2.45) is 0 Å². The Bertz CT molecular complexity index is 1480. The largest absolute Gasteiger partial charge is 0.478 e. The van der Waals surface area contributed by atoms with Crippen molar-refractivity contribution in [3.8, 4) is 11.3 Å². The number of para-hydroxylation sites is 1. The van der Waals surface area contributed by atoms with Gasteiger partial charge in [-0.2, -0.15) is 0 Å². The molecule has 5 rings (SSSR count). The minimum atomic E-state index is -0.993. The van der Waals surface area contributed by atoms with Crippen molar-refractivity contribution in [1.29, 1.82) is 0 Å². The third kappa shape index (κ3) is 3.96. The van der Waals surface area contributed by atoms with Gasteiger partial charge in [0, 0.05) is 28.6 Å². The van der Waals surface area contributed by atoms with Crippen LogP contribution < -0.4 is 10.9 Å². The van der Waals surface area contributed by atoms with Gasteiger partial charge in [0.05, 0.1) is 17.3 Å². The number of fused-ring (bicyclic) bond motifs is 1. The van der Waals surface area contributed by atoms with Gasteiger partial charge in [-0.05, 0) is 74.9 Å². The number of aromatic carboxylic acids is 1. The maximum atomic E-state index is 13.4. The van der Waals surface area contributed by atoms with Gasteiger partial charge in [-0.1, -0.05) is 30.3 Å². The molecule has 0 radical (unpaired) electrons. The average molecular weight is 454 g/mol. The molecular weight excluding hydrogens is 426 g/mol. The van der Waals surface area contributed by atoms with E-state index in [0.29, 0.717) is 28.5 Å². The Morgan fingerprint density at radius 1 is 1.12 bits per heavy atom. The van der Waals surface area contributed by atoms with Crippen molar-refractivity contribution in [3.05, 3.63) is 99.0 Å². The summed E-state index contributed by atoms with van der Waals surface area (Å²) in [6, 6.07) is 16.9. The maximum absolute atomic E-state index is 13.4. The Morgan fingerprint density at radius 2 is 1.88 bits per heavy atom. The van der Waals surface area contributed by atoms with Crippen molar-refractivity contribution in [2.45, 2.75) is 45.6 Å².